The molecule has 0 bridgehead atoms. The summed E-state index contributed by atoms with van der Waals surface area (Å²) < 4.78 is 26.9. The van der Waals surface area contributed by atoms with E-state index < -0.39 is 5.92 Å². The fraction of sp³-hybridized carbons (Fsp3) is 0.455. The summed E-state index contributed by atoms with van der Waals surface area (Å²) in [4.78, 5) is 1.64. The van der Waals surface area contributed by atoms with Crippen molar-refractivity contribution in [3.63, 3.8) is 0 Å². The van der Waals surface area contributed by atoms with E-state index in [1.165, 1.54) is 0 Å². The van der Waals surface area contributed by atoms with Crippen LogP contribution in [0.4, 0.5) is 8.78 Å². The molecular formula is C11H13F2N. The van der Waals surface area contributed by atoms with Crippen LogP contribution in [0.25, 0.3) is 0 Å². The van der Waals surface area contributed by atoms with Crippen molar-refractivity contribution in [2.24, 2.45) is 0 Å². The van der Waals surface area contributed by atoms with Crippen LogP contribution in [0.5, 0.6) is 0 Å². The maximum Gasteiger partial charge on any atom is 0.289 e. The van der Waals surface area contributed by atoms with Crippen LogP contribution >= 0.6 is 0 Å². The van der Waals surface area contributed by atoms with E-state index in [0.29, 0.717) is 17.8 Å². The highest BCUT2D eigenvalue weighted by Crippen LogP contribution is 2.44. The van der Waals surface area contributed by atoms with Gasteiger partial charge in [-0.2, -0.15) is 8.78 Å². The molecule has 1 fully saturated rings. The molecule has 2 rings (SSSR count). The van der Waals surface area contributed by atoms with Crippen LogP contribution in [-0.4, -0.2) is 17.4 Å². The molecule has 0 saturated carbocycles. The van der Waals surface area contributed by atoms with Gasteiger partial charge < -0.3 is 4.90 Å². The van der Waals surface area contributed by atoms with Crippen LogP contribution < -0.4 is 0 Å². The maximum atomic E-state index is 13.5. The van der Waals surface area contributed by atoms with E-state index in [9.17, 15) is 8.78 Å². The summed E-state index contributed by atoms with van der Waals surface area (Å²) in [7, 11) is 0. The largest absolute Gasteiger partial charge is 0.340 e. The minimum absolute atomic E-state index is 0.0974. The number of alkyl halides is 2. The smallest absolute Gasteiger partial charge is 0.289 e. The van der Waals surface area contributed by atoms with E-state index in [0.717, 1.165) is 5.57 Å². The lowest BCUT2D eigenvalue weighted by molar-refractivity contribution is 0.0458. The highest BCUT2D eigenvalue weighted by molar-refractivity contribution is 5.46. The second kappa shape index (κ2) is 2.69. The monoisotopic (exact) mass is 197 g/mol. The third-order valence-electron chi connectivity index (χ3n) is 2.85. The fourth-order valence-electron chi connectivity index (χ4n) is 2.14. The van der Waals surface area contributed by atoms with Gasteiger partial charge in [-0.25, -0.2) is 0 Å². The first-order valence-electron chi connectivity index (χ1n) is 4.68. The molecule has 14 heavy (non-hydrogen) atoms. The van der Waals surface area contributed by atoms with Gasteiger partial charge in [-0.05, 0) is 25.0 Å². The van der Waals surface area contributed by atoms with Gasteiger partial charge in [0.25, 0.3) is 5.92 Å². The normalized spacial score (nSPS) is 25.3. The fourth-order valence-corrected chi connectivity index (χ4v) is 2.14. The van der Waals surface area contributed by atoms with E-state index in [1.54, 1.807) is 17.9 Å². The molecule has 2 aliphatic rings. The summed E-state index contributed by atoms with van der Waals surface area (Å²) in [5.74, 6) is -2.68. The first-order chi connectivity index (χ1) is 6.43. The van der Waals surface area contributed by atoms with Crippen molar-refractivity contribution in [3.05, 3.63) is 35.2 Å². The minimum Gasteiger partial charge on any atom is -0.340 e. The Morgan fingerprint density at radius 3 is 2.71 bits per heavy atom. The Labute approximate surface area is 82.4 Å². The molecular weight excluding hydrogens is 184 g/mol. The van der Waals surface area contributed by atoms with Crippen molar-refractivity contribution < 1.29 is 8.78 Å². The third-order valence-corrected chi connectivity index (χ3v) is 2.85. The van der Waals surface area contributed by atoms with Crippen LogP contribution in [0.3, 0.4) is 0 Å². The van der Waals surface area contributed by atoms with Crippen molar-refractivity contribution in [2.45, 2.75) is 26.2 Å². The lowest BCUT2D eigenvalue weighted by atomic mass is 10.0. The number of rotatable bonds is 0. The zero-order valence-corrected chi connectivity index (χ0v) is 8.40. The Morgan fingerprint density at radius 2 is 2.07 bits per heavy atom. The van der Waals surface area contributed by atoms with Gasteiger partial charge in [0.1, 0.15) is 0 Å². The average Bonchev–Trinajstić information content (AvgIpc) is 2.38. The number of allylic oxidation sites excluding steroid dienone is 4. The van der Waals surface area contributed by atoms with Crippen LogP contribution in [0.1, 0.15) is 20.3 Å². The number of nitrogens with zero attached hydrogens (tertiary/aromatic N) is 1. The standard InChI is InChI=1S/C11H13F2N/c1-7-6-8(2)10-11(12,13)4-5-14(10)9(7)3/h6H,3-5H2,1-2H3. The molecule has 0 aromatic carbocycles. The molecule has 0 unspecified atom stereocenters. The van der Waals surface area contributed by atoms with Gasteiger partial charge >= 0.3 is 0 Å². The van der Waals surface area contributed by atoms with Gasteiger partial charge in [-0.15, -0.1) is 0 Å². The van der Waals surface area contributed by atoms with Crippen molar-refractivity contribution in [2.75, 3.05) is 6.54 Å². The molecule has 1 nitrogen and oxygen atoms in total. The van der Waals surface area contributed by atoms with Gasteiger partial charge in [0, 0.05) is 18.7 Å². The summed E-state index contributed by atoms with van der Waals surface area (Å²) in [5.41, 5.74) is 2.50. The Kier molecular flexibility index (Phi) is 1.81. The Balaban J connectivity index is 2.54. The summed E-state index contributed by atoms with van der Waals surface area (Å²) in [6, 6.07) is 0. The number of halogens is 2. The molecule has 2 heterocycles. The van der Waals surface area contributed by atoms with Crippen molar-refractivity contribution in [1.82, 2.24) is 4.90 Å². The molecule has 1 saturated heterocycles. The summed E-state index contributed by atoms with van der Waals surface area (Å²) in [6.45, 7) is 7.84. The molecule has 0 aromatic heterocycles. The lowest BCUT2D eigenvalue weighted by Crippen LogP contribution is -2.26. The molecule has 0 aromatic rings. The number of fused-ring (bicyclic) bond motifs is 1. The highest BCUT2D eigenvalue weighted by atomic mass is 19.3. The Hall–Kier alpha value is -1.12. The molecule has 0 spiro atoms. The number of hydrogen-bond donors (Lipinski definition) is 0. The van der Waals surface area contributed by atoms with Crippen molar-refractivity contribution in [1.29, 1.82) is 0 Å². The first-order valence-corrected chi connectivity index (χ1v) is 4.68. The molecule has 0 N–H and O–H groups in total. The van der Waals surface area contributed by atoms with Gasteiger partial charge in [0.15, 0.2) is 0 Å². The zero-order valence-electron chi connectivity index (χ0n) is 8.40. The molecule has 0 aliphatic carbocycles. The zero-order chi connectivity index (χ0) is 10.5. The van der Waals surface area contributed by atoms with Gasteiger partial charge in [-0.3, -0.25) is 0 Å². The van der Waals surface area contributed by atoms with Gasteiger partial charge in [0.05, 0.1) is 5.70 Å². The van der Waals surface area contributed by atoms with Crippen LogP contribution in [0.2, 0.25) is 0 Å². The molecule has 2 aliphatic heterocycles. The quantitative estimate of drug-likeness (QED) is 0.576. The average molecular weight is 197 g/mol. The molecule has 0 amide bonds. The highest BCUT2D eigenvalue weighted by Gasteiger charge is 2.46. The van der Waals surface area contributed by atoms with Crippen molar-refractivity contribution >= 4 is 0 Å². The maximum absolute atomic E-state index is 13.5. The minimum atomic E-state index is -2.68. The first kappa shape index (κ1) is 9.44. The van der Waals surface area contributed by atoms with Crippen molar-refractivity contribution in [3.8, 4) is 0 Å². The second-order valence-electron chi connectivity index (χ2n) is 3.91. The van der Waals surface area contributed by atoms with Gasteiger partial charge in [0.2, 0.25) is 0 Å². The second-order valence-corrected chi connectivity index (χ2v) is 3.91. The SMILES string of the molecule is C=C1C(C)=CC(C)=C2N1CCC2(F)F. The van der Waals surface area contributed by atoms with E-state index >= 15 is 0 Å². The van der Waals surface area contributed by atoms with E-state index in [4.69, 9.17) is 0 Å². The number of hydrogen-bond acceptors (Lipinski definition) is 1. The van der Waals surface area contributed by atoms with Gasteiger partial charge in [-0.1, -0.05) is 12.7 Å². The predicted octanol–water partition coefficient (Wildman–Crippen LogP) is 3.08. The molecule has 0 radical (unpaired) electrons. The molecule has 3 heteroatoms. The lowest BCUT2D eigenvalue weighted by Gasteiger charge is -2.29. The van der Waals surface area contributed by atoms with Crippen LogP contribution in [-0.2, 0) is 0 Å². The molecule has 76 valence electrons. The van der Waals surface area contributed by atoms with Crippen LogP contribution in [0.15, 0.2) is 35.2 Å². The predicted molar refractivity (Wildman–Crippen MR) is 51.9 cm³/mol. The van der Waals surface area contributed by atoms with E-state index in [1.807, 2.05) is 6.92 Å². The summed E-state index contributed by atoms with van der Waals surface area (Å²) >= 11 is 0. The topological polar surface area (TPSA) is 3.24 Å². The third kappa shape index (κ3) is 1.11. The van der Waals surface area contributed by atoms with E-state index in [-0.39, 0.29) is 12.1 Å². The molecule has 0 atom stereocenters. The Morgan fingerprint density at radius 1 is 1.43 bits per heavy atom. The Bertz CT molecular complexity index is 363. The summed E-state index contributed by atoms with van der Waals surface area (Å²) in [6.07, 6.45) is 1.69. The summed E-state index contributed by atoms with van der Waals surface area (Å²) in [5, 5.41) is 0. The van der Waals surface area contributed by atoms with E-state index in [2.05, 4.69) is 6.58 Å². The van der Waals surface area contributed by atoms with Crippen LogP contribution in [0, 0.1) is 0 Å².